The Morgan fingerprint density at radius 3 is 2.35 bits per heavy atom. The Kier molecular flexibility index (Phi) is 2.60. The van der Waals surface area contributed by atoms with E-state index in [0.29, 0.717) is 0 Å². The molecule has 0 unspecified atom stereocenters. The van der Waals surface area contributed by atoms with E-state index >= 15 is 0 Å². The summed E-state index contributed by atoms with van der Waals surface area (Å²) < 4.78 is 17.8. The van der Waals surface area contributed by atoms with Crippen LogP contribution in [0.4, 0.5) is 0 Å². The second-order valence-corrected chi connectivity index (χ2v) is 11.6. The quantitative estimate of drug-likeness (QED) is 0.706. The van der Waals surface area contributed by atoms with E-state index in [0.717, 1.165) is 0 Å². The summed E-state index contributed by atoms with van der Waals surface area (Å²) in [6, 6.07) is 0. The molecule has 2 aliphatic rings. The lowest BCUT2D eigenvalue weighted by Gasteiger charge is -2.57. The van der Waals surface area contributed by atoms with E-state index < -0.39 is 14.3 Å². The van der Waals surface area contributed by atoms with Crippen molar-refractivity contribution < 1.29 is 13.9 Å². The molecule has 1 saturated heterocycles. The van der Waals surface area contributed by atoms with E-state index in [1.807, 2.05) is 0 Å². The zero-order chi connectivity index (χ0) is 13.1. The first-order valence-electron chi connectivity index (χ1n) is 6.28. The molecule has 0 aromatic carbocycles. The first kappa shape index (κ1) is 13.1. The summed E-state index contributed by atoms with van der Waals surface area (Å²) in [5.74, 6) is -0.866. The molecule has 0 N–H and O–H groups in total. The molecule has 2 heterocycles. The molecule has 0 aromatic heterocycles. The lowest BCUT2D eigenvalue weighted by atomic mass is 9.78. The largest absolute Gasteiger partial charge is 0.447 e. The van der Waals surface area contributed by atoms with Crippen molar-refractivity contribution in [3.63, 3.8) is 0 Å². The van der Waals surface area contributed by atoms with E-state index in [1.165, 1.54) is 0 Å². The summed E-state index contributed by atoms with van der Waals surface area (Å²) in [5.41, 5.74) is -0.150. The van der Waals surface area contributed by atoms with Crippen LogP contribution in [0.15, 0.2) is 12.3 Å². The molecular formula is C13H24O3Si. The fourth-order valence-corrected chi connectivity index (χ4v) is 3.27. The van der Waals surface area contributed by atoms with Gasteiger partial charge in [-0.2, -0.15) is 0 Å². The van der Waals surface area contributed by atoms with Gasteiger partial charge in [0, 0.05) is 0 Å². The summed E-state index contributed by atoms with van der Waals surface area (Å²) in [6.07, 6.45) is 3.93. The van der Waals surface area contributed by atoms with Crippen LogP contribution in [0.3, 0.4) is 0 Å². The molecule has 3 nitrogen and oxygen atoms in total. The lowest BCUT2D eigenvalue weighted by Crippen LogP contribution is -2.69. The number of ether oxygens (including phenoxy) is 2. The summed E-state index contributed by atoms with van der Waals surface area (Å²) in [5, 5.41) is 0.150. The minimum atomic E-state index is -1.90. The van der Waals surface area contributed by atoms with Crippen molar-refractivity contribution in [2.75, 3.05) is 0 Å². The topological polar surface area (TPSA) is 27.7 Å². The minimum absolute atomic E-state index is 0.144. The van der Waals surface area contributed by atoms with E-state index in [2.05, 4.69) is 53.8 Å². The summed E-state index contributed by atoms with van der Waals surface area (Å²) >= 11 is 0. The van der Waals surface area contributed by atoms with E-state index in [1.54, 1.807) is 6.26 Å². The smallest absolute Gasteiger partial charge is 0.329 e. The second kappa shape index (κ2) is 3.37. The van der Waals surface area contributed by atoms with Crippen molar-refractivity contribution in [1.82, 2.24) is 0 Å². The fraction of sp³-hybridized carbons (Fsp3) is 0.846. The van der Waals surface area contributed by atoms with Gasteiger partial charge in [0.1, 0.15) is 5.41 Å². The predicted molar refractivity (Wildman–Crippen MR) is 69.9 cm³/mol. The normalized spacial score (nSPS) is 40.8. The third-order valence-electron chi connectivity index (χ3n) is 4.67. The van der Waals surface area contributed by atoms with Crippen LogP contribution >= 0.6 is 0 Å². The molecular weight excluding hydrogens is 232 g/mol. The number of fused-ring (bicyclic) bond motifs is 1. The zero-order valence-corrected chi connectivity index (χ0v) is 13.0. The van der Waals surface area contributed by atoms with Crippen molar-refractivity contribution in [1.29, 1.82) is 0 Å². The zero-order valence-electron chi connectivity index (χ0n) is 12.0. The van der Waals surface area contributed by atoms with Gasteiger partial charge >= 0.3 is 5.97 Å². The standard InChI is InChI=1S/C13H24O3Si/c1-10-12(5)8-9-14-13(12,15-10)16-17(6,7)11(2,3)4/h8-10H,1-7H3/t10-,12-,13-/m0/s1. The van der Waals surface area contributed by atoms with Crippen LogP contribution in [0, 0.1) is 5.41 Å². The maximum absolute atomic E-state index is 6.36. The Morgan fingerprint density at radius 1 is 1.29 bits per heavy atom. The monoisotopic (exact) mass is 256 g/mol. The van der Waals surface area contributed by atoms with Crippen LogP contribution < -0.4 is 0 Å². The van der Waals surface area contributed by atoms with E-state index in [9.17, 15) is 0 Å². The van der Waals surface area contributed by atoms with Gasteiger partial charge < -0.3 is 13.9 Å². The molecule has 4 heteroatoms. The Hall–Kier alpha value is -0.323. The molecule has 0 bridgehead atoms. The van der Waals surface area contributed by atoms with Crippen LogP contribution in [0.1, 0.15) is 34.6 Å². The molecule has 0 amide bonds. The van der Waals surface area contributed by atoms with Crippen molar-refractivity contribution >= 4 is 8.32 Å². The van der Waals surface area contributed by atoms with Gasteiger partial charge in [-0.3, -0.25) is 0 Å². The van der Waals surface area contributed by atoms with Gasteiger partial charge in [-0.25, -0.2) is 0 Å². The lowest BCUT2D eigenvalue weighted by molar-refractivity contribution is -0.464. The highest BCUT2D eigenvalue weighted by atomic mass is 28.4. The van der Waals surface area contributed by atoms with Gasteiger partial charge in [-0.05, 0) is 38.1 Å². The maximum Gasteiger partial charge on any atom is 0.329 e. The Labute approximate surface area is 105 Å². The van der Waals surface area contributed by atoms with Crippen LogP contribution in [-0.4, -0.2) is 20.4 Å². The van der Waals surface area contributed by atoms with Gasteiger partial charge in [0.25, 0.3) is 0 Å². The molecule has 17 heavy (non-hydrogen) atoms. The van der Waals surface area contributed by atoms with Crippen LogP contribution in [0.2, 0.25) is 18.1 Å². The molecule has 1 fully saturated rings. The van der Waals surface area contributed by atoms with Gasteiger partial charge in [-0.15, -0.1) is 0 Å². The third-order valence-corrected chi connectivity index (χ3v) is 9.06. The molecule has 0 radical (unpaired) electrons. The van der Waals surface area contributed by atoms with Crippen LogP contribution in [-0.2, 0) is 13.9 Å². The molecule has 3 atom stereocenters. The van der Waals surface area contributed by atoms with Gasteiger partial charge in [-0.1, -0.05) is 20.8 Å². The highest BCUT2D eigenvalue weighted by molar-refractivity contribution is 6.74. The Balaban J connectivity index is 2.21. The van der Waals surface area contributed by atoms with Gasteiger partial charge in [0.2, 0.25) is 8.32 Å². The molecule has 0 saturated carbocycles. The molecule has 0 spiro atoms. The van der Waals surface area contributed by atoms with E-state index in [4.69, 9.17) is 13.9 Å². The number of hydrogen-bond donors (Lipinski definition) is 0. The van der Waals surface area contributed by atoms with Crippen molar-refractivity contribution in [3.05, 3.63) is 12.3 Å². The number of rotatable bonds is 2. The molecule has 2 rings (SSSR count). The van der Waals surface area contributed by atoms with Gasteiger partial charge in [0.15, 0.2) is 0 Å². The highest BCUT2D eigenvalue weighted by Gasteiger charge is 2.70. The molecule has 0 aromatic rings. The second-order valence-electron chi connectivity index (χ2n) is 6.88. The Morgan fingerprint density at radius 2 is 1.88 bits per heavy atom. The first-order valence-corrected chi connectivity index (χ1v) is 9.18. The van der Waals surface area contributed by atoms with Crippen molar-refractivity contribution in [2.24, 2.45) is 5.41 Å². The van der Waals surface area contributed by atoms with Gasteiger partial charge in [0.05, 0.1) is 12.4 Å². The molecule has 2 aliphatic heterocycles. The molecule has 98 valence electrons. The number of hydrogen-bond acceptors (Lipinski definition) is 3. The SMILES string of the molecule is C[C@@H]1O[C@@]2(O[Si](C)(C)C(C)(C)C)OC=C[C@@]12C. The maximum atomic E-state index is 6.36. The summed E-state index contributed by atoms with van der Waals surface area (Å²) in [4.78, 5) is 0. The average molecular weight is 256 g/mol. The minimum Gasteiger partial charge on any atom is -0.447 e. The first-order chi connectivity index (χ1) is 7.54. The van der Waals surface area contributed by atoms with Crippen LogP contribution in [0.25, 0.3) is 0 Å². The van der Waals surface area contributed by atoms with Crippen molar-refractivity contribution in [3.8, 4) is 0 Å². The van der Waals surface area contributed by atoms with E-state index in [-0.39, 0.29) is 16.6 Å². The summed E-state index contributed by atoms with van der Waals surface area (Å²) in [6.45, 7) is 15.3. The van der Waals surface area contributed by atoms with Crippen molar-refractivity contribution in [2.45, 2.75) is 64.8 Å². The third kappa shape index (κ3) is 1.61. The van der Waals surface area contributed by atoms with Crippen LogP contribution in [0.5, 0.6) is 0 Å². The predicted octanol–water partition coefficient (Wildman–Crippen LogP) is 3.63. The fourth-order valence-electron chi connectivity index (χ4n) is 1.98. The Bertz CT molecular complexity index is 358. The molecule has 0 aliphatic carbocycles. The average Bonchev–Trinajstić information content (AvgIpc) is 2.37. The highest BCUT2D eigenvalue weighted by Crippen LogP contribution is 2.58. The summed E-state index contributed by atoms with van der Waals surface area (Å²) in [7, 11) is -1.90.